The molecule has 0 saturated carbocycles. The molecule has 33 heavy (non-hydrogen) atoms. The molecule has 4 rings (SSSR count). The Bertz CT molecular complexity index is 1250. The highest BCUT2D eigenvalue weighted by Crippen LogP contribution is 2.38. The lowest BCUT2D eigenvalue weighted by atomic mass is 9.99. The summed E-state index contributed by atoms with van der Waals surface area (Å²) in [5.74, 6) is 0.345. The minimum Gasteiger partial charge on any atom is -0.494 e. The molecule has 0 saturated heterocycles. The summed E-state index contributed by atoms with van der Waals surface area (Å²) in [4.78, 5) is 14.0. The molecule has 11 heteroatoms. The van der Waals surface area contributed by atoms with E-state index in [1.165, 1.54) is 19.2 Å². The lowest BCUT2D eigenvalue weighted by Gasteiger charge is -2.31. The van der Waals surface area contributed by atoms with E-state index in [1.54, 1.807) is 4.90 Å². The number of benzene rings is 2. The predicted octanol–water partition coefficient (Wildman–Crippen LogP) is 4.22. The number of carbonyl (C=O) groups excluding carboxylic acids is 1. The molecule has 2 aliphatic rings. The second kappa shape index (κ2) is 8.42. The normalized spacial score (nSPS) is 16.6. The van der Waals surface area contributed by atoms with E-state index in [9.17, 15) is 13.2 Å². The molecule has 0 radical (unpaired) electrons. The Morgan fingerprint density at radius 2 is 1.97 bits per heavy atom. The van der Waals surface area contributed by atoms with Gasteiger partial charge in [0.1, 0.15) is 21.9 Å². The van der Waals surface area contributed by atoms with Crippen LogP contribution < -0.4 is 15.4 Å². The first-order valence-corrected chi connectivity index (χ1v) is 12.1. The molecular formula is C22H25ClN4O5S. The van der Waals surface area contributed by atoms with E-state index in [2.05, 4.69) is 15.0 Å². The van der Waals surface area contributed by atoms with Gasteiger partial charge in [0.25, 0.3) is 10.0 Å². The quantitative estimate of drug-likeness (QED) is 0.645. The van der Waals surface area contributed by atoms with Gasteiger partial charge in [0.2, 0.25) is 5.96 Å². The lowest BCUT2D eigenvalue weighted by Crippen LogP contribution is -2.39. The zero-order chi connectivity index (χ0) is 24.0. The zero-order valence-corrected chi connectivity index (χ0v) is 20.3. The first-order chi connectivity index (χ1) is 15.4. The molecule has 0 aliphatic carbocycles. The number of fused-ring (bicyclic) bond motifs is 2. The van der Waals surface area contributed by atoms with Crippen molar-refractivity contribution in [1.29, 1.82) is 0 Å². The van der Waals surface area contributed by atoms with E-state index in [1.807, 2.05) is 39.0 Å². The fraction of sp³-hybridized carbons (Fsp3) is 0.364. The molecule has 0 fully saturated rings. The van der Waals surface area contributed by atoms with Crippen molar-refractivity contribution in [3.8, 4) is 5.75 Å². The molecule has 2 aromatic carbocycles. The number of nitrogens with one attached hydrogen (secondary N) is 2. The van der Waals surface area contributed by atoms with Gasteiger partial charge in [-0.15, -0.1) is 4.40 Å². The van der Waals surface area contributed by atoms with Gasteiger partial charge in [0.05, 0.1) is 7.11 Å². The van der Waals surface area contributed by atoms with Gasteiger partial charge in [-0.1, -0.05) is 17.7 Å². The third kappa shape index (κ3) is 5.01. The van der Waals surface area contributed by atoms with E-state index in [0.29, 0.717) is 30.9 Å². The Morgan fingerprint density at radius 1 is 1.21 bits per heavy atom. The molecule has 2 aromatic rings. The number of halogens is 1. The molecule has 0 unspecified atom stereocenters. The van der Waals surface area contributed by atoms with Crippen molar-refractivity contribution in [3.63, 3.8) is 0 Å². The molecule has 2 N–H and O–H groups in total. The Hall–Kier alpha value is -2.98. The fourth-order valence-corrected chi connectivity index (χ4v) is 5.05. The summed E-state index contributed by atoms with van der Waals surface area (Å²) in [7, 11) is -2.54. The summed E-state index contributed by atoms with van der Waals surface area (Å²) in [6, 6.07) is 8.49. The van der Waals surface area contributed by atoms with Crippen LogP contribution in [-0.2, 0) is 27.7 Å². The van der Waals surface area contributed by atoms with Crippen LogP contribution in [-0.4, -0.2) is 44.6 Å². The topological polar surface area (TPSA) is 109 Å². The minimum atomic E-state index is -3.98. The van der Waals surface area contributed by atoms with E-state index in [4.69, 9.17) is 21.1 Å². The summed E-state index contributed by atoms with van der Waals surface area (Å²) in [6.45, 7) is 6.50. The van der Waals surface area contributed by atoms with Gasteiger partial charge in [0, 0.05) is 29.9 Å². The van der Waals surface area contributed by atoms with E-state index in [-0.39, 0.29) is 27.7 Å². The van der Waals surface area contributed by atoms with Gasteiger partial charge in [-0.3, -0.25) is 0 Å². The second-order valence-corrected chi connectivity index (χ2v) is 10.8. The number of rotatable bonds is 2. The number of carbonyl (C=O) groups is 1. The highest BCUT2D eigenvalue weighted by atomic mass is 35.5. The summed E-state index contributed by atoms with van der Waals surface area (Å²) in [5.41, 5.74) is 2.45. The van der Waals surface area contributed by atoms with Crippen LogP contribution in [0, 0.1) is 0 Å². The molecule has 176 valence electrons. The molecular weight excluding hydrogens is 468 g/mol. The lowest BCUT2D eigenvalue weighted by molar-refractivity contribution is 0.0224. The highest BCUT2D eigenvalue weighted by molar-refractivity contribution is 7.90. The van der Waals surface area contributed by atoms with Crippen LogP contribution >= 0.6 is 11.6 Å². The smallest absolute Gasteiger partial charge is 0.410 e. The van der Waals surface area contributed by atoms with Gasteiger partial charge in [-0.25, -0.2) is 4.79 Å². The van der Waals surface area contributed by atoms with E-state index < -0.39 is 15.6 Å². The zero-order valence-electron chi connectivity index (χ0n) is 18.7. The van der Waals surface area contributed by atoms with Crippen molar-refractivity contribution in [2.45, 2.75) is 44.2 Å². The summed E-state index contributed by atoms with van der Waals surface area (Å²) in [6.07, 6.45) is 0.311. The summed E-state index contributed by atoms with van der Waals surface area (Å²) in [5, 5.41) is 6.24. The number of sulfonamides is 1. The number of methoxy groups -OCH3 is 1. The molecule has 0 spiro atoms. The van der Waals surface area contributed by atoms with Crippen LogP contribution in [0.4, 0.5) is 16.2 Å². The van der Waals surface area contributed by atoms with E-state index in [0.717, 1.165) is 11.1 Å². The van der Waals surface area contributed by atoms with Crippen LogP contribution in [0.2, 0.25) is 5.02 Å². The van der Waals surface area contributed by atoms with Crippen LogP contribution in [0.3, 0.4) is 0 Å². The van der Waals surface area contributed by atoms with Crippen molar-refractivity contribution in [2.75, 3.05) is 24.3 Å². The largest absolute Gasteiger partial charge is 0.494 e. The third-order valence-corrected chi connectivity index (χ3v) is 6.64. The van der Waals surface area contributed by atoms with Gasteiger partial charge in [0.15, 0.2) is 0 Å². The number of ether oxygens (including phenoxy) is 2. The number of guanidine groups is 1. The second-order valence-electron chi connectivity index (χ2n) is 8.78. The molecule has 0 atom stereocenters. The monoisotopic (exact) mass is 492 g/mol. The van der Waals surface area contributed by atoms with Crippen molar-refractivity contribution < 1.29 is 22.7 Å². The van der Waals surface area contributed by atoms with Gasteiger partial charge in [-0.2, -0.15) is 8.42 Å². The Labute approximate surface area is 197 Å². The van der Waals surface area contributed by atoms with Crippen molar-refractivity contribution in [3.05, 3.63) is 46.5 Å². The van der Waals surface area contributed by atoms with Crippen molar-refractivity contribution >= 4 is 45.1 Å². The average Bonchev–Trinajstić information content (AvgIpc) is 2.72. The first-order valence-electron chi connectivity index (χ1n) is 10.3. The highest BCUT2D eigenvalue weighted by Gasteiger charge is 2.29. The SMILES string of the molecule is COc1cc(Cl)cc2c1NC(Nc1ccc3c(c1)CCN(C(=O)OC(C)(C)C)C3)=NS2(=O)=O. The number of nitrogens with zero attached hydrogens (tertiary/aromatic N) is 2. The Balaban J connectivity index is 1.53. The maximum absolute atomic E-state index is 12.7. The molecule has 2 heterocycles. The molecule has 2 aliphatic heterocycles. The standard InChI is InChI=1S/C22H25ClN4O5S/c1-22(2,3)32-21(28)27-8-7-13-9-16(6-5-14(13)12-27)24-20-25-19-17(31-4)10-15(23)11-18(19)33(29,30)26-20/h5-6,9-11H,7-8,12H2,1-4H3,(H2,24,25,26). The number of hydrogen-bond acceptors (Lipinski definition) is 7. The molecule has 1 amide bonds. The van der Waals surface area contributed by atoms with Crippen molar-refractivity contribution in [1.82, 2.24) is 4.90 Å². The molecule has 0 aromatic heterocycles. The van der Waals surface area contributed by atoms with Gasteiger partial charge in [-0.05, 0) is 56.5 Å². The molecule has 0 bridgehead atoms. The maximum atomic E-state index is 12.7. The number of anilines is 2. The van der Waals surface area contributed by atoms with Crippen LogP contribution in [0.25, 0.3) is 0 Å². The molecule has 9 nitrogen and oxygen atoms in total. The Kier molecular flexibility index (Phi) is 5.92. The Morgan fingerprint density at radius 3 is 2.67 bits per heavy atom. The van der Waals surface area contributed by atoms with Crippen LogP contribution in [0.5, 0.6) is 5.75 Å². The summed E-state index contributed by atoms with van der Waals surface area (Å²) >= 11 is 6.01. The van der Waals surface area contributed by atoms with Gasteiger partial charge < -0.3 is 25.0 Å². The summed E-state index contributed by atoms with van der Waals surface area (Å²) < 4.78 is 40.0. The average molecular weight is 493 g/mol. The predicted molar refractivity (Wildman–Crippen MR) is 127 cm³/mol. The van der Waals surface area contributed by atoms with E-state index >= 15 is 0 Å². The first kappa shape index (κ1) is 23.2. The van der Waals surface area contributed by atoms with Crippen molar-refractivity contribution in [2.24, 2.45) is 4.40 Å². The van der Waals surface area contributed by atoms with Gasteiger partial charge >= 0.3 is 6.09 Å². The van der Waals surface area contributed by atoms with Crippen LogP contribution in [0.1, 0.15) is 31.9 Å². The number of amides is 1. The number of hydrogen-bond donors (Lipinski definition) is 2. The third-order valence-electron chi connectivity index (χ3n) is 5.12. The maximum Gasteiger partial charge on any atom is 0.410 e. The fourth-order valence-electron chi connectivity index (χ4n) is 3.66. The van der Waals surface area contributed by atoms with Crippen LogP contribution in [0.15, 0.2) is 39.6 Å². The minimum absolute atomic E-state index is 0.0502.